The lowest BCUT2D eigenvalue weighted by molar-refractivity contribution is 0.0748. The van der Waals surface area contributed by atoms with E-state index in [9.17, 15) is 4.79 Å². The van der Waals surface area contributed by atoms with E-state index in [2.05, 4.69) is 11.0 Å². The molecule has 4 nitrogen and oxygen atoms in total. The van der Waals surface area contributed by atoms with Gasteiger partial charge in [-0.3, -0.25) is 4.79 Å². The summed E-state index contributed by atoms with van der Waals surface area (Å²) < 4.78 is 0. The van der Waals surface area contributed by atoms with Gasteiger partial charge in [0.1, 0.15) is 0 Å². The van der Waals surface area contributed by atoms with E-state index < -0.39 is 0 Å². The maximum absolute atomic E-state index is 13.6. The molecule has 1 aliphatic rings. The van der Waals surface area contributed by atoms with Crippen LogP contribution in [0.3, 0.4) is 0 Å². The number of nitrogens with zero attached hydrogens (tertiary/aromatic N) is 3. The Labute approximate surface area is 186 Å². The van der Waals surface area contributed by atoms with Gasteiger partial charge in [0.25, 0.3) is 5.91 Å². The molecule has 1 saturated heterocycles. The van der Waals surface area contributed by atoms with Gasteiger partial charge in [-0.1, -0.05) is 66.2 Å². The Hall–Kier alpha value is -3.37. The van der Waals surface area contributed by atoms with Gasteiger partial charge in [0.2, 0.25) is 0 Å². The summed E-state index contributed by atoms with van der Waals surface area (Å²) in [7, 11) is 0. The third kappa shape index (κ3) is 3.99. The van der Waals surface area contributed by atoms with E-state index in [1.807, 2.05) is 83.8 Å². The molecule has 2 heterocycles. The number of rotatable bonds is 3. The molecule has 31 heavy (non-hydrogen) atoms. The van der Waals surface area contributed by atoms with Crippen molar-refractivity contribution in [1.29, 1.82) is 0 Å². The van der Waals surface area contributed by atoms with Crippen molar-refractivity contribution in [2.24, 2.45) is 0 Å². The maximum Gasteiger partial charge on any atom is 0.254 e. The minimum absolute atomic E-state index is 0.0570. The van der Waals surface area contributed by atoms with Crippen LogP contribution in [-0.2, 0) is 0 Å². The highest BCUT2D eigenvalue weighted by Crippen LogP contribution is 2.27. The van der Waals surface area contributed by atoms with Crippen molar-refractivity contribution in [1.82, 2.24) is 9.88 Å². The largest absolute Gasteiger partial charge is 0.368 e. The third-order valence-corrected chi connectivity index (χ3v) is 5.99. The number of fused-ring (bicyclic) bond motifs is 1. The van der Waals surface area contributed by atoms with Crippen LogP contribution in [0.25, 0.3) is 22.2 Å². The molecule has 154 valence electrons. The number of pyridine rings is 1. The van der Waals surface area contributed by atoms with E-state index in [-0.39, 0.29) is 5.91 Å². The second kappa shape index (κ2) is 8.40. The molecule has 1 fully saturated rings. The van der Waals surface area contributed by atoms with E-state index in [4.69, 9.17) is 16.6 Å². The molecule has 1 amide bonds. The van der Waals surface area contributed by atoms with Crippen LogP contribution in [0.5, 0.6) is 0 Å². The molecule has 0 N–H and O–H groups in total. The zero-order chi connectivity index (χ0) is 21.2. The molecule has 0 unspecified atom stereocenters. The van der Waals surface area contributed by atoms with Crippen molar-refractivity contribution in [2.75, 3.05) is 31.1 Å². The number of anilines is 1. The summed E-state index contributed by atoms with van der Waals surface area (Å²) in [6, 6.07) is 27.7. The monoisotopic (exact) mass is 427 g/mol. The Kier molecular flexibility index (Phi) is 5.31. The second-order valence-corrected chi connectivity index (χ2v) is 8.13. The van der Waals surface area contributed by atoms with Gasteiger partial charge in [-0.15, -0.1) is 0 Å². The van der Waals surface area contributed by atoms with Crippen molar-refractivity contribution >= 4 is 34.1 Å². The molecule has 0 spiro atoms. The molecule has 3 aromatic carbocycles. The average molecular weight is 428 g/mol. The Bertz CT molecular complexity index is 1230. The van der Waals surface area contributed by atoms with E-state index in [1.165, 1.54) is 0 Å². The van der Waals surface area contributed by atoms with Crippen LogP contribution in [0.4, 0.5) is 5.69 Å². The Balaban J connectivity index is 1.43. The molecule has 0 aliphatic carbocycles. The summed E-state index contributed by atoms with van der Waals surface area (Å²) in [6.45, 7) is 2.90. The summed E-state index contributed by atoms with van der Waals surface area (Å²) in [5, 5.41) is 1.62. The van der Waals surface area contributed by atoms with Crippen LogP contribution >= 0.6 is 11.6 Å². The van der Waals surface area contributed by atoms with Gasteiger partial charge in [-0.2, -0.15) is 0 Å². The predicted octanol–water partition coefficient (Wildman–Crippen LogP) is 5.52. The first-order valence-electron chi connectivity index (χ1n) is 10.4. The number of halogens is 1. The molecule has 4 aromatic rings. The lowest BCUT2D eigenvalue weighted by Gasteiger charge is -2.36. The van der Waals surface area contributed by atoms with Crippen LogP contribution in [-0.4, -0.2) is 42.0 Å². The van der Waals surface area contributed by atoms with Crippen LogP contribution in [0.2, 0.25) is 5.02 Å². The second-order valence-electron chi connectivity index (χ2n) is 7.70. The van der Waals surface area contributed by atoms with E-state index >= 15 is 0 Å². The van der Waals surface area contributed by atoms with Crippen molar-refractivity contribution < 1.29 is 4.79 Å². The normalized spacial score (nSPS) is 14.1. The number of aromatic nitrogens is 1. The van der Waals surface area contributed by atoms with Crippen molar-refractivity contribution in [2.45, 2.75) is 0 Å². The van der Waals surface area contributed by atoms with Crippen LogP contribution in [0.1, 0.15) is 10.4 Å². The first-order chi connectivity index (χ1) is 15.2. The summed E-state index contributed by atoms with van der Waals surface area (Å²) in [5.41, 5.74) is 4.47. The molecular formula is C26H22ClN3O. The third-order valence-electron chi connectivity index (χ3n) is 5.76. The predicted molar refractivity (Wildman–Crippen MR) is 127 cm³/mol. The molecule has 5 heteroatoms. The number of amides is 1. The van der Waals surface area contributed by atoms with Crippen molar-refractivity contribution in [3.05, 3.63) is 95.5 Å². The zero-order valence-corrected chi connectivity index (χ0v) is 17.8. The Morgan fingerprint density at radius 1 is 0.806 bits per heavy atom. The van der Waals surface area contributed by atoms with Gasteiger partial charge < -0.3 is 9.80 Å². The zero-order valence-electron chi connectivity index (χ0n) is 17.0. The minimum atomic E-state index is 0.0570. The fourth-order valence-electron chi connectivity index (χ4n) is 4.12. The SMILES string of the molecule is O=C(c1cc(-c2ccccc2)nc2ccccc12)N1CCN(c2cccc(Cl)c2)CC1. The fraction of sp³-hybridized carbons (Fsp3) is 0.154. The summed E-state index contributed by atoms with van der Waals surface area (Å²) in [4.78, 5) is 22.6. The highest BCUT2D eigenvalue weighted by atomic mass is 35.5. The number of benzene rings is 3. The number of hydrogen-bond acceptors (Lipinski definition) is 3. The summed E-state index contributed by atoms with van der Waals surface area (Å²) >= 11 is 6.15. The minimum Gasteiger partial charge on any atom is -0.368 e. The lowest BCUT2D eigenvalue weighted by atomic mass is 10.0. The van der Waals surface area contributed by atoms with Gasteiger partial charge in [0.05, 0.1) is 16.8 Å². The van der Waals surface area contributed by atoms with Gasteiger partial charge in [0, 0.05) is 47.8 Å². The van der Waals surface area contributed by atoms with E-state index in [0.29, 0.717) is 18.7 Å². The van der Waals surface area contributed by atoms with Crippen molar-refractivity contribution in [3.63, 3.8) is 0 Å². The Morgan fingerprint density at radius 3 is 2.32 bits per heavy atom. The number of carbonyl (C=O) groups is 1. The number of hydrogen-bond donors (Lipinski definition) is 0. The van der Waals surface area contributed by atoms with Crippen LogP contribution in [0, 0.1) is 0 Å². The maximum atomic E-state index is 13.6. The lowest BCUT2D eigenvalue weighted by Crippen LogP contribution is -2.48. The number of para-hydroxylation sites is 1. The molecule has 0 saturated carbocycles. The topological polar surface area (TPSA) is 36.4 Å². The van der Waals surface area contributed by atoms with Crippen LogP contribution < -0.4 is 4.90 Å². The smallest absolute Gasteiger partial charge is 0.254 e. The molecule has 1 aliphatic heterocycles. The molecule has 0 radical (unpaired) electrons. The molecular weight excluding hydrogens is 406 g/mol. The van der Waals surface area contributed by atoms with Gasteiger partial charge in [0.15, 0.2) is 0 Å². The van der Waals surface area contributed by atoms with Crippen LogP contribution in [0.15, 0.2) is 84.9 Å². The standard InChI is InChI=1S/C26H22ClN3O/c27-20-9-6-10-21(17-20)29-13-15-30(16-14-29)26(31)23-18-25(19-7-2-1-3-8-19)28-24-12-5-4-11-22(23)24/h1-12,17-18H,13-16H2. The molecule has 1 aromatic heterocycles. The van der Waals surface area contributed by atoms with Gasteiger partial charge in [-0.05, 0) is 30.3 Å². The summed E-state index contributed by atoms with van der Waals surface area (Å²) in [6.07, 6.45) is 0. The molecule has 5 rings (SSSR count). The first-order valence-corrected chi connectivity index (χ1v) is 10.8. The van der Waals surface area contributed by atoms with Crippen molar-refractivity contribution in [3.8, 4) is 11.3 Å². The molecule has 0 atom stereocenters. The number of carbonyl (C=O) groups excluding carboxylic acids is 1. The quantitative estimate of drug-likeness (QED) is 0.432. The fourth-order valence-corrected chi connectivity index (χ4v) is 4.30. The highest BCUT2D eigenvalue weighted by Gasteiger charge is 2.24. The number of piperazine rings is 1. The Morgan fingerprint density at radius 2 is 1.55 bits per heavy atom. The average Bonchev–Trinajstić information content (AvgIpc) is 2.83. The van der Waals surface area contributed by atoms with Gasteiger partial charge in [-0.25, -0.2) is 4.98 Å². The van der Waals surface area contributed by atoms with E-state index in [1.54, 1.807) is 0 Å². The first kappa shape index (κ1) is 19.6. The highest BCUT2D eigenvalue weighted by molar-refractivity contribution is 6.30. The van der Waals surface area contributed by atoms with Gasteiger partial charge >= 0.3 is 0 Å². The van der Waals surface area contributed by atoms with E-state index in [0.717, 1.165) is 46.0 Å². The molecule has 0 bridgehead atoms. The summed E-state index contributed by atoms with van der Waals surface area (Å²) in [5.74, 6) is 0.0570.